The first-order valence-electron chi connectivity index (χ1n) is 6.96. The van der Waals surface area contributed by atoms with Crippen LogP contribution in [0.4, 0.5) is 0 Å². The van der Waals surface area contributed by atoms with Crippen molar-refractivity contribution in [3.8, 4) is 0 Å². The largest absolute Gasteiger partial charge is 0.396 e. The van der Waals surface area contributed by atoms with Gasteiger partial charge in [0.2, 0.25) is 5.91 Å². The Labute approximate surface area is 128 Å². The predicted molar refractivity (Wildman–Crippen MR) is 80.2 cm³/mol. The number of nitrogens with one attached hydrogen (secondary N) is 2. The summed E-state index contributed by atoms with van der Waals surface area (Å²) in [6.07, 6.45) is 2.77. The van der Waals surface area contributed by atoms with E-state index in [0.29, 0.717) is 23.6 Å². The molecule has 2 rings (SSSR count). The molecule has 1 aromatic rings. The van der Waals surface area contributed by atoms with Crippen molar-refractivity contribution in [1.29, 1.82) is 0 Å². The summed E-state index contributed by atoms with van der Waals surface area (Å²) in [4.78, 5) is 23.5. The fraction of sp³-hybridized carbons (Fsp3) is 0.467. The van der Waals surface area contributed by atoms with E-state index in [1.54, 1.807) is 24.3 Å². The van der Waals surface area contributed by atoms with Crippen molar-refractivity contribution in [2.45, 2.75) is 19.3 Å². The Balaban J connectivity index is 1.73. The van der Waals surface area contributed by atoms with Crippen LogP contribution in [0.2, 0.25) is 5.02 Å². The van der Waals surface area contributed by atoms with Crippen LogP contribution < -0.4 is 10.6 Å². The first kappa shape index (κ1) is 15.8. The maximum absolute atomic E-state index is 11.8. The first-order valence-corrected chi connectivity index (χ1v) is 7.34. The summed E-state index contributed by atoms with van der Waals surface area (Å²) in [6.45, 7) is 0.626. The number of hydrogen-bond acceptors (Lipinski definition) is 3. The van der Waals surface area contributed by atoms with Gasteiger partial charge >= 0.3 is 0 Å². The molecule has 0 spiro atoms. The zero-order chi connectivity index (χ0) is 15.3. The van der Waals surface area contributed by atoms with Gasteiger partial charge in [0.05, 0.1) is 6.54 Å². The molecule has 0 unspecified atom stereocenters. The van der Waals surface area contributed by atoms with Gasteiger partial charge in [0.15, 0.2) is 0 Å². The molecule has 0 aromatic heterocycles. The molecule has 1 aliphatic rings. The number of rotatable bonds is 7. The summed E-state index contributed by atoms with van der Waals surface area (Å²) in [5.41, 5.74) is 0.496. The van der Waals surface area contributed by atoms with Crippen LogP contribution in [0.5, 0.6) is 0 Å². The second-order valence-corrected chi connectivity index (χ2v) is 5.88. The lowest BCUT2D eigenvalue weighted by molar-refractivity contribution is -0.120. The number of aliphatic hydroxyl groups is 1. The van der Waals surface area contributed by atoms with E-state index in [-0.39, 0.29) is 30.4 Å². The van der Waals surface area contributed by atoms with Gasteiger partial charge < -0.3 is 15.7 Å². The Morgan fingerprint density at radius 2 is 2.05 bits per heavy atom. The van der Waals surface area contributed by atoms with Crippen LogP contribution in [0.15, 0.2) is 24.3 Å². The number of aliphatic hydroxyl groups excluding tert-OH is 1. The fourth-order valence-electron chi connectivity index (χ4n) is 2.17. The molecule has 2 amide bonds. The summed E-state index contributed by atoms with van der Waals surface area (Å²) < 4.78 is 0. The molecular formula is C15H19ClN2O3. The molecular weight excluding hydrogens is 292 g/mol. The molecule has 0 radical (unpaired) electrons. The SMILES string of the molecule is O=C(CNC(=O)c1cccc(Cl)c1)NCC1(CCO)CC1. The molecule has 0 atom stereocenters. The molecule has 1 aliphatic carbocycles. The normalized spacial score (nSPS) is 15.3. The van der Waals surface area contributed by atoms with Crippen LogP contribution in [0.1, 0.15) is 29.6 Å². The monoisotopic (exact) mass is 310 g/mol. The second-order valence-electron chi connectivity index (χ2n) is 5.44. The molecule has 114 valence electrons. The average molecular weight is 311 g/mol. The highest BCUT2D eigenvalue weighted by atomic mass is 35.5. The number of carbonyl (C=O) groups excluding carboxylic acids is 2. The lowest BCUT2D eigenvalue weighted by Gasteiger charge is -2.14. The molecule has 0 heterocycles. The van der Waals surface area contributed by atoms with Gasteiger partial charge in [0.25, 0.3) is 5.91 Å². The average Bonchev–Trinajstić information content (AvgIpc) is 3.23. The van der Waals surface area contributed by atoms with Gasteiger partial charge in [-0.05, 0) is 42.9 Å². The minimum atomic E-state index is -0.329. The van der Waals surface area contributed by atoms with Crippen LogP contribution >= 0.6 is 11.6 Å². The quantitative estimate of drug-likeness (QED) is 0.711. The fourth-order valence-corrected chi connectivity index (χ4v) is 2.36. The number of halogens is 1. The van der Waals surface area contributed by atoms with Gasteiger partial charge in [0, 0.05) is 23.7 Å². The van der Waals surface area contributed by atoms with E-state index in [4.69, 9.17) is 16.7 Å². The van der Waals surface area contributed by atoms with Gasteiger partial charge in [-0.15, -0.1) is 0 Å². The van der Waals surface area contributed by atoms with Gasteiger partial charge in [-0.25, -0.2) is 0 Å². The third-order valence-electron chi connectivity index (χ3n) is 3.76. The van der Waals surface area contributed by atoms with E-state index < -0.39 is 0 Å². The molecule has 1 saturated carbocycles. The summed E-state index contributed by atoms with van der Waals surface area (Å²) in [7, 11) is 0. The molecule has 0 bridgehead atoms. The molecule has 6 heteroatoms. The van der Waals surface area contributed by atoms with Crippen molar-refractivity contribution in [2.24, 2.45) is 5.41 Å². The summed E-state index contributed by atoms with van der Waals surface area (Å²) >= 11 is 5.81. The number of hydrogen-bond donors (Lipinski definition) is 3. The van der Waals surface area contributed by atoms with Crippen molar-refractivity contribution in [3.05, 3.63) is 34.9 Å². The highest BCUT2D eigenvalue weighted by Crippen LogP contribution is 2.47. The third kappa shape index (κ3) is 4.72. The number of carbonyl (C=O) groups is 2. The van der Waals surface area contributed by atoms with Crippen LogP contribution in [-0.2, 0) is 4.79 Å². The Morgan fingerprint density at radius 1 is 1.29 bits per heavy atom. The third-order valence-corrected chi connectivity index (χ3v) is 3.99. The van der Waals surface area contributed by atoms with E-state index in [0.717, 1.165) is 12.8 Å². The van der Waals surface area contributed by atoms with Crippen LogP contribution in [0.3, 0.4) is 0 Å². The molecule has 3 N–H and O–H groups in total. The van der Waals surface area contributed by atoms with Crippen LogP contribution in [0, 0.1) is 5.41 Å². The van der Waals surface area contributed by atoms with Gasteiger partial charge in [-0.2, -0.15) is 0 Å². The van der Waals surface area contributed by atoms with Crippen molar-refractivity contribution in [1.82, 2.24) is 10.6 Å². The predicted octanol–water partition coefficient (Wildman–Crippen LogP) is 1.35. The van der Waals surface area contributed by atoms with Crippen molar-refractivity contribution < 1.29 is 14.7 Å². The second kappa shape index (κ2) is 6.91. The molecule has 1 aromatic carbocycles. The van der Waals surface area contributed by atoms with Crippen molar-refractivity contribution in [3.63, 3.8) is 0 Å². The van der Waals surface area contributed by atoms with E-state index in [9.17, 15) is 9.59 Å². The Bertz CT molecular complexity index is 529. The number of benzene rings is 1. The van der Waals surface area contributed by atoms with Crippen LogP contribution in [0.25, 0.3) is 0 Å². The number of amides is 2. The standard InChI is InChI=1S/C15H19ClN2O3/c16-12-3-1-2-11(8-12)14(21)17-9-13(20)18-10-15(4-5-15)6-7-19/h1-3,8,19H,4-7,9-10H2,(H,17,21)(H,18,20). The molecule has 21 heavy (non-hydrogen) atoms. The van der Waals surface area contributed by atoms with E-state index in [2.05, 4.69) is 10.6 Å². The minimum Gasteiger partial charge on any atom is -0.396 e. The van der Waals surface area contributed by atoms with Crippen LogP contribution in [-0.4, -0.2) is 36.6 Å². The molecule has 1 fully saturated rings. The van der Waals surface area contributed by atoms with Crippen molar-refractivity contribution in [2.75, 3.05) is 19.7 Å². The van der Waals surface area contributed by atoms with Gasteiger partial charge in [-0.1, -0.05) is 17.7 Å². The van der Waals surface area contributed by atoms with E-state index in [1.165, 1.54) is 0 Å². The topological polar surface area (TPSA) is 78.4 Å². The summed E-state index contributed by atoms with van der Waals surface area (Å²) in [6, 6.07) is 6.55. The lowest BCUT2D eigenvalue weighted by atomic mass is 10.0. The lowest BCUT2D eigenvalue weighted by Crippen LogP contribution is -2.39. The van der Waals surface area contributed by atoms with Gasteiger partial charge in [-0.3, -0.25) is 9.59 Å². The zero-order valence-corrected chi connectivity index (χ0v) is 12.4. The smallest absolute Gasteiger partial charge is 0.251 e. The Kier molecular flexibility index (Phi) is 5.20. The zero-order valence-electron chi connectivity index (χ0n) is 11.7. The Hall–Kier alpha value is -1.59. The maximum atomic E-state index is 11.8. The molecule has 0 saturated heterocycles. The van der Waals surface area contributed by atoms with Crippen molar-refractivity contribution >= 4 is 23.4 Å². The van der Waals surface area contributed by atoms with E-state index >= 15 is 0 Å². The maximum Gasteiger partial charge on any atom is 0.251 e. The van der Waals surface area contributed by atoms with E-state index in [1.807, 2.05) is 0 Å². The Morgan fingerprint density at radius 3 is 2.67 bits per heavy atom. The van der Waals surface area contributed by atoms with Gasteiger partial charge in [0.1, 0.15) is 0 Å². The molecule has 5 nitrogen and oxygen atoms in total. The molecule has 0 aliphatic heterocycles. The minimum absolute atomic E-state index is 0.0689. The highest BCUT2D eigenvalue weighted by Gasteiger charge is 2.41. The highest BCUT2D eigenvalue weighted by molar-refractivity contribution is 6.30. The summed E-state index contributed by atoms with van der Waals surface area (Å²) in [5, 5.41) is 14.8. The first-order chi connectivity index (χ1) is 10.0. The summed E-state index contributed by atoms with van der Waals surface area (Å²) in [5.74, 6) is -0.557.